The van der Waals surface area contributed by atoms with Crippen LogP contribution in [0.4, 0.5) is 5.13 Å². The molecule has 0 bridgehead atoms. The molecule has 2 aromatic heterocycles. The third kappa shape index (κ3) is 3.26. The first-order chi connectivity index (χ1) is 11.8. The molecule has 0 spiro atoms. The highest BCUT2D eigenvalue weighted by atomic mass is 32.2. The van der Waals surface area contributed by atoms with E-state index in [2.05, 4.69) is 20.3 Å². The van der Waals surface area contributed by atoms with Crippen LogP contribution < -0.4 is 14.8 Å². The van der Waals surface area contributed by atoms with Gasteiger partial charge < -0.3 is 14.8 Å². The zero-order valence-corrected chi connectivity index (χ0v) is 14.0. The largest absolute Gasteiger partial charge is 0.486 e. The number of amides is 1. The molecule has 1 amide bonds. The summed E-state index contributed by atoms with van der Waals surface area (Å²) in [6, 6.07) is 5.46. The van der Waals surface area contributed by atoms with E-state index in [4.69, 9.17) is 9.47 Å². The zero-order chi connectivity index (χ0) is 16.4. The lowest BCUT2D eigenvalue weighted by atomic mass is 10.3. The Morgan fingerprint density at radius 3 is 2.75 bits per heavy atom. The fraction of sp³-hybridized carbons (Fsp3) is 0.200. The molecule has 7 nitrogen and oxygen atoms in total. The summed E-state index contributed by atoms with van der Waals surface area (Å²) in [5.41, 5.74) is 0.776. The lowest BCUT2D eigenvalue weighted by molar-refractivity contribution is -0.113. The maximum absolute atomic E-state index is 12.0. The summed E-state index contributed by atoms with van der Waals surface area (Å²) in [5, 5.41) is 3.92. The number of hydrogen-bond donors (Lipinski definition) is 1. The number of thiazole rings is 1. The van der Waals surface area contributed by atoms with Crippen molar-refractivity contribution in [3.63, 3.8) is 0 Å². The van der Waals surface area contributed by atoms with E-state index in [1.54, 1.807) is 18.5 Å². The van der Waals surface area contributed by atoms with E-state index in [0.717, 1.165) is 10.2 Å². The van der Waals surface area contributed by atoms with Crippen LogP contribution in [0.2, 0.25) is 0 Å². The number of nitrogens with one attached hydrogen (secondary N) is 1. The summed E-state index contributed by atoms with van der Waals surface area (Å²) in [7, 11) is 0. The van der Waals surface area contributed by atoms with Gasteiger partial charge in [-0.25, -0.2) is 15.0 Å². The highest BCUT2D eigenvalue weighted by molar-refractivity contribution is 7.99. The Bertz CT molecular complexity index is 842. The van der Waals surface area contributed by atoms with Gasteiger partial charge in [0.2, 0.25) is 5.91 Å². The average molecular weight is 360 g/mol. The maximum Gasteiger partial charge on any atom is 0.236 e. The van der Waals surface area contributed by atoms with Crippen LogP contribution in [0, 0.1) is 0 Å². The van der Waals surface area contributed by atoms with E-state index in [1.807, 2.05) is 12.1 Å². The van der Waals surface area contributed by atoms with Crippen LogP contribution in [0.25, 0.3) is 10.2 Å². The molecule has 1 N–H and O–H groups in total. The van der Waals surface area contributed by atoms with Gasteiger partial charge in [-0.15, -0.1) is 0 Å². The second-order valence-corrected chi connectivity index (χ2v) is 6.82. The predicted octanol–water partition coefficient (Wildman–Crippen LogP) is 2.59. The van der Waals surface area contributed by atoms with Crippen LogP contribution >= 0.6 is 23.1 Å². The van der Waals surface area contributed by atoms with Gasteiger partial charge >= 0.3 is 0 Å². The summed E-state index contributed by atoms with van der Waals surface area (Å²) in [5.74, 6) is 1.48. The molecule has 24 heavy (non-hydrogen) atoms. The number of benzene rings is 1. The smallest absolute Gasteiger partial charge is 0.236 e. The normalized spacial score (nSPS) is 13.0. The van der Waals surface area contributed by atoms with E-state index in [1.165, 1.54) is 23.1 Å². The van der Waals surface area contributed by atoms with Crippen LogP contribution in [-0.4, -0.2) is 39.8 Å². The Kier molecular flexibility index (Phi) is 4.18. The number of rotatable bonds is 4. The Morgan fingerprint density at radius 2 is 1.96 bits per heavy atom. The number of anilines is 1. The lowest BCUT2D eigenvalue weighted by Crippen LogP contribution is -2.15. The van der Waals surface area contributed by atoms with Crippen molar-refractivity contribution >= 4 is 44.4 Å². The van der Waals surface area contributed by atoms with E-state index in [-0.39, 0.29) is 11.7 Å². The number of thioether (sulfide) groups is 1. The van der Waals surface area contributed by atoms with Gasteiger partial charge in [-0.1, -0.05) is 23.1 Å². The van der Waals surface area contributed by atoms with Crippen molar-refractivity contribution in [3.05, 3.63) is 30.6 Å². The fourth-order valence-electron chi connectivity index (χ4n) is 2.16. The van der Waals surface area contributed by atoms with E-state index in [9.17, 15) is 4.79 Å². The third-order valence-corrected chi connectivity index (χ3v) is 4.98. The number of carbonyl (C=O) groups is 1. The minimum atomic E-state index is -0.149. The van der Waals surface area contributed by atoms with E-state index >= 15 is 0 Å². The number of carbonyl (C=O) groups excluding carboxylic acids is 1. The van der Waals surface area contributed by atoms with Crippen LogP contribution in [-0.2, 0) is 4.79 Å². The molecule has 122 valence electrons. The Morgan fingerprint density at radius 1 is 1.21 bits per heavy atom. The SMILES string of the molecule is O=C(CSc1ncccn1)Nc1nc2cc3c(cc2s1)OCCO3. The third-order valence-electron chi connectivity index (χ3n) is 3.17. The molecular weight excluding hydrogens is 348 g/mol. The summed E-state index contributed by atoms with van der Waals surface area (Å²) < 4.78 is 12.0. The molecular formula is C15H12N4O3S2. The molecule has 1 aliphatic rings. The van der Waals surface area contributed by atoms with Gasteiger partial charge in [-0.05, 0) is 6.07 Å². The van der Waals surface area contributed by atoms with Gasteiger partial charge in [0.05, 0.1) is 16.0 Å². The first-order valence-electron chi connectivity index (χ1n) is 7.18. The molecule has 0 saturated heterocycles. The van der Waals surface area contributed by atoms with Crippen LogP contribution in [0.3, 0.4) is 0 Å². The Balaban J connectivity index is 1.45. The van der Waals surface area contributed by atoms with Gasteiger partial charge in [0.1, 0.15) is 13.2 Å². The lowest BCUT2D eigenvalue weighted by Gasteiger charge is -2.17. The van der Waals surface area contributed by atoms with Crippen molar-refractivity contribution in [1.82, 2.24) is 15.0 Å². The molecule has 9 heteroatoms. The van der Waals surface area contributed by atoms with Gasteiger partial charge in [0.15, 0.2) is 21.8 Å². The molecule has 0 atom stereocenters. The topological polar surface area (TPSA) is 86.2 Å². The first kappa shape index (κ1) is 15.2. The molecule has 3 heterocycles. The average Bonchev–Trinajstić information content (AvgIpc) is 2.99. The summed E-state index contributed by atoms with van der Waals surface area (Å²) >= 11 is 2.68. The number of nitrogens with zero attached hydrogens (tertiary/aromatic N) is 3. The highest BCUT2D eigenvalue weighted by Crippen LogP contribution is 2.37. The molecule has 1 aliphatic heterocycles. The molecule has 0 fully saturated rings. The summed E-state index contributed by atoms with van der Waals surface area (Å²) in [6.07, 6.45) is 3.29. The Hall–Kier alpha value is -2.39. The number of hydrogen-bond acceptors (Lipinski definition) is 8. The van der Waals surface area contributed by atoms with Crippen molar-refractivity contribution < 1.29 is 14.3 Å². The minimum absolute atomic E-state index is 0.149. The van der Waals surface area contributed by atoms with Crippen LogP contribution in [0.1, 0.15) is 0 Å². The van der Waals surface area contributed by atoms with Crippen molar-refractivity contribution in [3.8, 4) is 11.5 Å². The Labute approximate surface area is 145 Å². The molecule has 1 aromatic carbocycles. The van der Waals surface area contributed by atoms with Crippen molar-refractivity contribution in [1.29, 1.82) is 0 Å². The molecule has 4 rings (SSSR count). The number of fused-ring (bicyclic) bond motifs is 2. The molecule has 3 aromatic rings. The summed E-state index contributed by atoms with van der Waals surface area (Å²) in [6.45, 7) is 1.07. The van der Waals surface area contributed by atoms with Gasteiger partial charge in [0, 0.05) is 24.5 Å². The van der Waals surface area contributed by atoms with E-state index in [0.29, 0.717) is 35.0 Å². The predicted molar refractivity (Wildman–Crippen MR) is 92.0 cm³/mol. The molecule has 0 saturated carbocycles. The van der Waals surface area contributed by atoms with Crippen LogP contribution in [0.15, 0.2) is 35.7 Å². The van der Waals surface area contributed by atoms with Crippen molar-refractivity contribution in [2.24, 2.45) is 0 Å². The molecule has 0 radical (unpaired) electrons. The van der Waals surface area contributed by atoms with E-state index < -0.39 is 0 Å². The standard InChI is InChI=1S/C15H12N4O3S2/c20-13(8-23-14-16-2-1-3-17-14)19-15-18-9-6-10-11(7-12(9)24-15)22-5-4-21-10/h1-3,6-7H,4-5,8H2,(H,18,19,20). The molecule has 0 aliphatic carbocycles. The quantitative estimate of drug-likeness (QED) is 0.565. The first-order valence-corrected chi connectivity index (χ1v) is 8.98. The van der Waals surface area contributed by atoms with Gasteiger partial charge in [-0.3, -0.25) is 4.79 Å². The second kappa shape index (κ2) is 6.62. The van der Waals surface area contributed by atoms with Crippen molar-refractivity contribution in [2.45, 2.75) is 5.16 Å². The van der Waals surface area contributed by atoms with Gasteiger partial charge in [-0.2, -0.15) is 0 Å². The van der Waals surface area contributed by atoms with Crippen LogP contribution in [0.5, 0.6) is 11.5 Å². The fourth-order valence-corrected chi connectivity index (χ4v) is 3.66. The monoisotopic (exact) mass is 360 g/mol. The highest BCUT2D eigenvalue weighted by Gasteiger charge is 2.16. The zero-order valence-electron chi connectivity index (χ0n) is 12.4. The van der Waals surface area contributed by atoms with Crippen molar-refractivity contribution in [2.75, 3.05) is 24.3 Å². The maximum atomic E-state index is 12.0. The number of ether oxygens (including phenoxy) is 2. The van der Waals surface area contributed by atoms with Gasteiger partial charge in [0.25, 0.3) is 0 Å². The summed E-state index contributed by atoms with van der Waals surface area (Å²) in [4.78, 5) is 24.6. The second-order valence-electron chi connectivity index (χ2n) is 4.85. The molecule has 0 unspecified atom stereocenters. The number of aromatic nitrogens is 3. The minimum Gasteiger partial charge on any atom is -0.486 e.